The van der Waals surface area contributed by atoms with Crippen molar-refractivity contribution in [2.75, 3.05) is 25.5 Å². The monoisotopic (exact) mass is 340 g/mol. The molecule has 4 rings (SSSR count). The smallest absolute Gasteiger partial charge is 0.252 e. The minimum atomic E-state index is -0.0540. The topological polar surface area (TPSA) is 83.9 Å². The lowest BCUT2D eigenvalue weighted by molar-refractivity contribution is 0.0962. The number of nitrogens with one attached hydrogen (secondary N) is 3. The first-order chi connectivity index (χ1) is 12.2. The lowest BCUT2D eigenvalue weighted by Gasteiger charge is -2.25. The summed E-state index contributed by atoms with van der Waals surface area (Å²) >= 11 is 0. The van der Waals surface area contributed by atoms with Crippen molar-refractivity contribution in [3.8, 4) is 11.4 Å². The number of aryl methyl sites for hydroxylation is 2. The molecule has 2 aliphatic rings. The van der Waals surface area contributed by atoms with Crippen LogP contribution < -0.4 is 16.0 Å². The number of carbonyl (C=O) groups is 1. The van der Waals surface area contributed by atoms with Crippen molar-refractivity contribution in [1.29, 1.82) is 0 Å². The average molecular weight is 340 g/mol. The first kappa shape index (κ1) is 16.1. The minimum Gasteiger partial charge on any atom is -0.355 e. The second-order valence-electron chi connectivity index (χ2n) is 6.79. The maximum absolute atomic E-state index is 12.1. The van der Waals surface area contributed by atoms with E-state index >= 15 is 0 Å². The number of aromatic nitrogens is 3. The van der Waals surface area contributed by atoms with Crippen LogP contribution in [-0.2, 0) is 13.0 Å². The Labute approximate surface area is 147 Å². The van der Waals surface area contributed by atoms with Crippen LogP contribution in [0, 0.1) is 6.92 Å². The van der Waals surface area contributed by atoms with Crippen LogP contribution in [-0.4, -0.2) is 46.6 Å². The van der Waals surface area contributed by atoms with E-state index in [9.17, 15) is 4.79 Å². The molecule has 7 heteroatoms. The zero-order valence-electron chi connectivity index (χ0n) is 14.7. The Morgan fingerprint density at radius 2 is 2.32 bits per heavy atom. The summed E-state index contributed by atoms with van der Waals surface area (Å²) < 4.78 is 2.14. The second-order valence-corrected chi connectivity index (χ2v) is 6.79. The summed E-state index contributed by atoms with van der Waals surface area (Å²) in [6.07, 6.45) is 7.04. The third-order valence-electron chi connectivity index (χ3n) is 5.14. The van der Waals surface area contributed by atoms with Crippen LogP contribution in [0.5, 0.6) is 0 Å². The standard InChI is InChI=1S/C18H24N6O/c1-11-14(17(25)19-2)10-24-7-5-12-8-21-18(23-15(12)16(11)24)22-13-4-3-6-20-9-13/h8,10,13,20H,3-7,9H2,1-2H3,(H,19,25)(H,21,22,23)/t13-/m0/s1. The summed E-state index contributed by atoms with van der Waals surface area (Å²) in [5.74, 6) is 0.615. The lowest BCUT2D eigenvalue weighted by atomic mass is 10.0. The highest BCUT2D eigenvalue weighted by molar-refractivity contribution is 5.97. The molecule has 0 unspecified atom stereocenters. The number of hydrogen-bond acceptors (Lipinski definition) is 5. The number of fused-ring (bicyclic) bond motifs is 3. The van der Waals surface area contributed by atoms with Crippen LogP contribution in [0.1, 0.15) is 34.3 Å². The van der Waals surface area contributed by atoms with E-state index in [1.165, 1.54) is 6.42 Å². The van der Waals surface area contributed by atoms with E-state index in [1.54, 1.807) is 7.05 Å². The van der Waals surface area contributed by atoms with Crippen LogP contribution >= 0.6 is 0 Å². The van der Waals surface area contributed by atoms with Gasteiger partial charge in [0, 0.05) is 44.1 Å². The Bertz CT molecular complexity index is 806. The normalized spacial score (nSPS) is 19.0. The van der Waals surface area contributed by atoms with Crippen molar-refractivity contribution in [2.24, 2.45) is 0 Å². The van der Waals surface area contributed by atoms with E-state index in [0.717, 1.165) is 60.6 Å². The Kier molecular flexibility index (Phi) is 4.17. The first-order valence-corrected chi connectivity index (χ1v) is 8.92. The summed E-state index contributed by atoms with van der Waals surface area (Å²) in [7, 11) is 1.66. The highest BCUT2D eigenvalue weighted by Gasteiger charge is 2.25. The molecule has 0 aromatic carbocycles. The van der Waals surface area contributed by atoms with E-state index in [4.69, 9.17) is 4.98 Å². The molecule has 2 aliphatic heterocycles. The molecular formula is C18H24N6O. The van der Waals surface area contributed by atoms with Gasteiger partial charge in [-0.05, 0) is 38.3 Å². The molecule has 1 saturated heterocycles. The predicted molar refractivity (Wildman–Crippen MR) is 96.8 cm³/mol. The molecule has 0 spiro atoms. The molecule has 0 aliphatic carbocycles. The van der Waals surface area contributed by atoms with Gasteiger partial charge in [-0.1, -0.05) is 0 Å². The molecule has 0 bridgehead atoms. The highest BCUT2D eigenvalue weighted by Crippen LogP contribution is 2.33. The molecular weight excluding hydrogens is 316 g/mol. The molecule has 3 N–H and O–H groups in total. The number of nitrogens with zero attached hydrogens (tertiary/aromatic N) is 3. The van der Waals surface area contributed by atoms with Gasteiger partial charge in [-0.15, -0.1) is 0 Å². The summed E-state index contributed by atoms with van der Waals surface area (Å²) in [4.78, 5) is 21.4. The SMILES string of the molecule is CNC(=O)c1cn2c(c1C)-c1nc(N[C@H]3CCCNC3)ncc1CC2. The van der Waals surface area contributed by atoms with E-state index < -0.39 is 0 Å². The number of rotatable bonds is 3. The highest BCUT2D eigenvalue weighted by atomic mass is 16.1. The molecule has 132 valence electrons. The molecule has 4 heterocycles. The van der Waals surface area contributed by atoms with Crippen molar-refractivity contribution in [3.05, 3.63) is 29.1 Å². The van der Waals surface area contributed by atoms with Crippen molar-refractivity contribution in [1.82, 2.24) is 25.2 Å². The quantitative estimate of drug-likeness (QED) is 0.785. The maximum Gasteiger partial charge on any atom is 0.252 e. The molecule has 2 aromatic heterocycles. The van der Waals surface area contributed by atoms with Crippen LogP contribution in [0.15, 0.2) is 12.4 Å². The molecule has 1 fully saturated rings. The first-order valence-electron chi connectivity index (χ1n) is 8.92. The molecule has 1 atom stereocenters. The second kappa shape index (κ2) is 6.48. The Balaban J connectivity index is 1.69. The number of amides is 1. The number of carbonyl (C=O) groups excluding carboxylic acids is 1. The van der Waals surface area contributed by atoms with Gasteiger partial charge in [0.15, 0.2) is 0 Å². The van der Waals surface area contributed by atoms with Crippen molar-refractivity contribution in [3.63, 3.8) is 0 Å². The van der Waals surface area contributed by atoms with Gasteiger partial charge in [-0.3, -0.25) is 4.79 Å². The van der Waals surface area contributed by atoms with Crippen LogP contribution in [0.2, 0.25) is 0 Å². The van der Waals surface area contributed by atoms with E-state index in [1.807, 2.05) is 19.3 Å². The molecule has 0 radical (unpaired) electrons. The number of hydrogen-bond donors (Lipinski definition) is 3. The lowest BCUT2D eigenvalue weighted by Crippen LogP contribution is -2.38. The number of anilines is 1. The van der Waals surface area contributed by atoms with Gasteiger partial charge < -0.3 is 20.5 Å². The van der Waals surface area contributed by atoms with Crippen LogP contribution in [0.25, 0.3) is 11.4 Å². The summed E-state index contributed by atoms with van der Waals surface area (Å²) in [6, 6.07) is 0.365. The third kappa shape index (κ3) is 2.89. The molecule has 1 amide bonds. The van der Waals surface area contributed by atoms with Gasteiger partial charge in [-0.2, -0.15) is 0 Å². The Hall–Kier alpha value is -2.41. The van der Waals surface area contributed by atoms with Gasteiger partial charge in [0.2, 0.25) is 5.95 Å². The average Bonchev–Trinajstić information content (AvgIpc) is 2.99. The predicted octanol–water partition coefficient (Wildman–Crippen LogP) is 1.33. The van der Waals surface area contributed by atoms with Crippen molar-refractivity contribution in [2.45, 2.75) is 38.8 Å². The summed E-state index contributed by atoms with van der Waals surface area (Å²) in [5.41, 5.74) is 4.82. The van der Waals surface area contributed by atoms with Gasteiger partial charge in [0.05, 0.1) is 17.0 Å². The maximum atomic E-state index is 12.1. The van der Waals surface area contributed by atoms with Gasteiger partial charge in [0.1, 0.15) is 0 Å². The largest absolute Gasteiger partial charge is 0.355 e. The molecule has 2 aromatic rings. The third-order valence-corrected chi connectivity index (χ3v) is 5.14. The van der Waals surface area contributed by atoms with Crippen molar-refractivity contribution >= 4 is 11.9 Å². The summed E-state index contributed by atoms with van der Waals surface area (Å²) in [6.45, 7) is 4.86. The van der Waals surface area contributed by atoms with E-state index in [-0.39, 0.29) is 5.91 Å². The zero-order chi connectivity index (χ0) is 17.4. The molecule has 25 heavy (non-hydrogen) atoms. The van der Waals surface area contributed by atoms with E-state index in [2.05, 4.69) is 25.5 Å². The van der Waals surface area contributed by atoms with Gasteiger partial charge >= 0.3 is 0 Å². The van der Waals surface area contributed by atoms with Gasteiger partial charge in [0.25, 0.3) is 5.91 Å². The fourth-order valence-corrected chi connectivity index (χ4v) is 3.78. The molecule has 0 saturated carbocycles. The van der Waals surface area contributed by atoms with Crippen LogP contribution in [0.4, 0.5) is 5.95 Å². The fourth-order valence-electron chi connectivity index (χ4n) is 3.78. The molecule has 7 nitrogen and oxygen atoms in total. The minimum absolute atomic E-state index is 0.0540. The van der Waals surface area contributed by atoms with Crippen molar-refractivity contribution < 1.29 is 4.79 Å². The van der Waals surface area contributed by atoms with Gasteiger partial charge in [-0.25, -0.2) is 9.97 Å². The summed E-state index contributed by atoms with van der Waals surface area (Å²) in [5, 5.41) is 9.56. The number of piperidine rings is 1. The van der Waals surface area contributed by atoms with Crippen LogP contribution in [0.3, 0.4) is 0 Å². The fraction of sp³-hybridized carbons (Fsp3) is 0.500. The van der Waals surface area contributed by atoms with E-state index in [0.29, 0.717) is 12.0 Å². The zero-order valence-corrected chi connectivity index (χ0v) is 14.7. The Morgan fingerprint density at radius 1 is 1.44 bits per heavy atom. The Morgan fingerprint density at radius 3 is 3.08 bits per heavy atom.